The molecule has 0 spiro atoms. The average molecular weight is 515 g/mol. The topological polar surface area (TPSA) is 174 Å². The Hall–Kier alpha value is -4.55. The summed E-state index contributed by atoms with van der Waals surface area (Å²) in [6.45, 7) is 6.74. The fourth-order valence-electron chi connectivity index (χ4n) is 3.42. The van der Waals surface area contributed by atoms with Crippen LogP contribution < -0.4 is 11.1 Å². The SMILES string of the molecule is CC(C)(O)c1cnnc(N)c1.Cn1cc(-c2cnc3ccc(Nc4cc(C(C)(C)O)cnn4)nc3c2)cn1. The van der Waals surface area contributed by atoms with Crippen LogP contribution in [0, 0.1) is 0 Å². The molecule has 12 heteroatoms. The van der Waals surface area contributed by atoms with Crippen LogP contribution in [0.1, 0.15) is 38.8 Å². The summed E-state index contributed by atoms with van der Waals surface area (Å²) >= 11 is 0. The molecular formula is C26H30N10O2. The van der Waals surface area contributed by atoms with Gasteiger partial charge in [0.15, 0.2) is 5.82 Å². The van der Waals surface area contributed by atoms with Crippen molar-refractivity contribution >= 4 is 28.5 Å². The van der Waals surface area contributed by atoms with E-state index in [-0.39, 0.29) is 0 Å². The summed E-state index contributed by atoms with van der Waals surface area (Å²) in [4.78, 5) is 9.10. The van der Waals surface area contributed by atoms with Gasteiger partial charge in [0.2, 0.25) is 0 Å². The predicted octanol–water partition coefficient (Wildman–Crippen LogP) is 3.08. The predicted molar refractivity (Wildman–Crippen MR) is 144 cm³/mol. The molecule has 0 saturated carbocycles. The maximum atomic E-state index is 10.1. The second kappa shape index (κ2) is 10.4. The van der Waals surface area contributed by atoms with Crippen molar-refractivity contribution in [2.75, 3.05) is 11.1 Å². The number of nitrogens with zero attached hydrogens (tertiary/aromatic N) is 8. The molecule has 0 unspecified atom stereocenters. The van der Waals surface area contributed by atoms with Crippen molar-refractivity contribution in [1.82, 2.24) is 40.1 Å². The van der Waals surface area contributed by atoms with Gasteiger partial charge in [-0.15, -0.1) is 10.2 Å². The zero-order chi connectivity index (χ0) is 27.5. The van der Waals surface area contributed by atoms with E-state index in [1.54, 1.807) is 56.9 Å². The summed E-state index contributed by atoms with van der Waals surface area (Å²) < 4.78 is 1.75. The number of hydrogen-bond donors (Lipinski definition) is 4. The summed E-state index contributed by atoms with van der Waals surface area (Å²) in [6, 6.07) is 9.06. The molecule has 0 aliphatic heterocycles. The van der Waals surface area contributed by atoms with Gasteiger partial charge < -0.3 is 21.3 Å². The second-order valence-electron chi connectivity index (χ2n) is 9.80. The van der Waals surface area contributed by atoms with E-state index in [9.17, 15) is 10.2 Å². The highest BCUT2D eigenvalue weighted by molar-refractivity contribution is 5.81. The summed E-state index contributed by atoms with van der Waals surface area (Å²) in [5, 5.41) is 42.1. The molecule has 196 valence electrons. The van der Waals surface area contributed by atoms with Crippen molar-refractivity contribution in [2.45, 2.75) is 38.9 Å². The number of fused-ring (bicyclic) bond motifs is 1. The van der Waals surface area contributed by atoms with Gasteiger partial charge in [0.1, 0.15) is 11.6 Å². The largest absolute Gasteiger partial charge is 0.386 e. The van der Waals surface area contributed by atoms with Crippen molar-refractivity contribution in [3.05, 3.63) is 72.4 Å². The van der Waals surface area contributed by atoms with E-state index in [2.05, 4.69) is 40.8 Å². The molecule has 0 saturated heterocycles. The highest BCUT2D eigenvalue weighted by Crippen LogP contribution is 2.25. The van der Waals surface area contributed by atoms with E-state index in [1.165, 1.54) is 6.20 Å². The Kier molecular flexibility index (Phi) is 7.28. The first-order chi connectivity index (χ1) is 17.9. The number of aryl methyl sites for hydroxylation is 1. The lowest BCUT2D eigenvalue weighted by atomic mass is 10.0. The number of hydrogen-bond acceptors (Lipinski definition) is 11. The molecule has 0 aliphatic rings. The molecular weight excluding hydrogens is 484 g/mol. The van der Waals surface area contributed by atoms with Crippen LogP contribution in [0.2, 0.25) is 0 Å². The normalized spacial score (nSPS) is 11.7. The van der Waals surface area contributed by atoms with E-state index in [1.807, 2.05) is 37.6 Å². The number of anilines is 3. The van der Waals surface area contributed by atoms with Gasteiger partial charge >= 0.3 is 0 Å². The quantitative estimate of drug-likeness (QED) is 0.271. The highest BCUT2D eigenvalue weighted by atomic mass is 16.3. The molecule has 0 aliphatic carbocycles. The van der Waals surface area contributed by atoms with Crippen molar-refractivity contribution in [3.8, 4) is 11.1 Å². The number of nitrogen functional groups attached to an aromatic ring is 1. The molecule has 0 amide bonds. The Bertz CT molecular complexity index is 1550. The zero-order valence-electron chi connectivity index (χ0n) is 21.8. The third-order valence-corrected chi connectivity index (χ3v) is 5.57. The van der Waals surface area contributed by atoms with Gasteiger partial charge in [-0.2, -0.15) is 15.3 Å². The van der Waals surface area contributed by atoms with Crippen molar-refractivity contribution in [1.29, 1.82) is 0 Å². The van der Waals surface area contributed by atoms with E-state index in [0.717, 1.165) is 22.2 Å². The Labute approximate surface area is 219 Å². The molecule has 0 fully saturated rings. The third-order valence-electron chi connectivity index (χ3n) is 5.57. The summed E-state index contributed by atoms with van der Waals surface area (Å²) in [5.74, 6) is 1.46. The van der Waals surface area contributed by atoms with Crippen LogP contribution in [0.3, 0.4) is 0 Å². The van der Waals surface area contributed by atoms with Crippen LogP contribution in [-0.4, -0.2) is 50.4 Å². The lowest BCUT2D eigenvalue weighted by Crippen LogP contribution is -2.16. The van der Waals surface area contributed by atoms with E-state index < -0.39 is 11.2 Å². The second-order valence-corrected chi connectivity index (χ2v) is 9.80. The average Bonchev–Trinajstić information content (AvgIpc) is 3.29. The Balaban J connectivity index is 0.000000257. The van der Waals surface area contributed by atoms with Gasteiger partial charge in [-0.25, -0.2) is 4.98 Å². The maximum Gasteiger partial charge on any atom is 0.154 e. The van der Waals surface area contributed by atoms with E-state index >= 15 is 0 Å². The molecule has 12 nitrogen and oxygen atoms in total. The highest BCUT2D eigenvalue weighted by Gasteiger charge is 2.18. The van der Waals surface area contributed by atoms with Gasteiger partial charge in [-0.05, 0) is 58.0 Å². The monoisotopic (exact) mass is 514 g/mol. The molecule has 0 radical (unpaired) electrons. The summed E-state index contributed by atoms with van der Waals surface area (Å²) in [5.41, 5.74) is 8.30. The first-order valence-corrected chi connectivity index (χ1v) is 11.8. The maximum absolute atomic E-state index is 10.1. The Morgan fingerprint density at radius 3 is 2.08 bits per heavy atom. The lowest BCUT2D eigenvalue weighted by molar-refractivity contribution is 0.0775. The fraction of sp³-hybridized carbons (Fsp3) is 0.269. The molecule has 0 aromatic carbocycles. The number of aromatic nitrogens is 8. The van der Waals surface area contributed by atoms with Crippen molar-refractivity contribution < 1.29 is 10.2 Å². The van der Waals surface area contributed by atoms with Gasteiger partial charge in [-0.3, -0.25) is 9.67 Å². The molecule has 0 bridgehead atoms. The molecule has 0 atom stereocenters. The number of pyridine rings is 2. The molecule has 5 rings (SSSR count). The number of rotatable bonds is 5. The van der Waals surface area contributed by atoms with Crippen LogP contribution in [0.5, 0.6) is 0 Å². The van der Waals surface area contributed by atoms with Crippen LogP contribution in [0.4, 0.5) is 17.5 Å². The number of aliphatic hydroxyl groups is 2. The van der Waals surface area contributed by atoms with Crippen LogP contribution >= 0.6 is 0 Å². The Morgan fingerprint density at radius 2 is 1.47 bits per heavy atom. The minimum Gasteiger partial charge on any atom is -0.386 e. The van der Waals surface area contributed by atoms with Crippen LogP contribution in [0.25, 0.3) is 22.2 Å². The molecule has 38 heavy (non-hydrogen) atoms. The first kappa shape index (κ1) is 26.5. The summed E-state index contributed by atoms with van der Waals surface area (Å²) in [6.07, 6.45) is 8.58. The van der Waals surface area contributed by atoms with Gasteiger partial charge in [0.25, 0.3) is 0 Å². The van der Waals surface area contributed by atoms with Gasteiger partial charge in [0, 0.05) is 41.7 Å². The van der Waals surface area contributed by atoms with Gasteiger partial charge in [0.05, 0.1) is 40.8 Å². The van der Waals surface area contributed by atoms with E-state index in [4.69, 9.17) is 5.73 Å². The Morgan fingerprint density at radius 1 is 0.789 bits per heavy atom. The third kappa shape index (κ3) is 6.60. The van der Waals surface area contributed by atoms with E-state index in [0.29, 0.717) is 28.6 Å². The van der Waals surface area contributed by atoms with Crippen LogP contribution in [0.15, 0.2) is 61.3 Å². The van der Waals surface area contributed by atoms with Crippen molar-refractivity contribution in [2.24, 2.45) is 7.05 Å². The summed E-state index contributed by atoms with van der Waals surface area (Å²) in [7, 11) is 1.88. The fourth-order valence-corrected chi connectivity index (χ4v) is 3.42. The first-order valence-electron chi connectivity index (χ1n) is 11.8. The number of nitrogens with two attached hydrogens (primary N) is 1. The van der Waals surface area contributed by atoms with Gasteiger partial charge in [-0.1, -0.05) is 0 Å². The molecule has 5 heterocycles. The smallest absolute Gasteiger partial charge is 0.154 e. The lowest BCUT2D eigenvalue weighted by Gasteiger charge is -2.17. The van der Waals surface area contributed by atoms with Crippen molar-refractivity contribution in [3.63, 3.8) is 0 Å². The number of nitrogens with one attached hydrogen (secondary N) is 1. The minimum atomic E-state index is -0.994. The standard InChI is InChI=1S/C19H19N7O.C7H11N3O/c1-19(2,27)14-7-18(25-21-10-14)24-17-5-4-15-16(23-17)6-12(8-20-15)13-9-22-26(3)11-13;1-7(2,11)5-3-6(8)10-9-4-5/h4-11,27H,1-3H3,(H,23,24,25);3-4,11H,1-2H3,(H2,8,10). The minimum absolute atomic E-state index is 0.324. The molecule has 5 N–H and O–H groups in total. The molecule has 5 aromatic heterocycles. The zero-order valence-corrected chi connectivity index (χ0v) is 21.8. The van der Waals surface area contributed by atoms with Crippen LogP contribution in [-0.2, 0) is 18.2 Å². The molecule has 5 aromatic rings.